The first-order valence-electron chi connectivity index (χ1n) is 8.13. The third-order valence-electron chi connectivity index (χ3n) is 4.60. The van der Waals surface area contributed by atoms with Crippen molar-refractivity contribution in [1.29, 1.82) is 0 Å². The standard InChI is InChI=1S/C17H29N3/c1-3-20(13-16-11-7-8-12-19-16)14-17(18-2)15-9-5-4-6-10-15/h7-8,11-12,15,17-18H,3-6,9-10,13-14H2,1-2H3. The molecule has 0 radical (unpaired) electrons. The van der Waals surface area contributed by atoms with E-state index in [1.165, 1.54) is 37.8 Å². The summed E-state index contributed by atoms with van der Waals surface area (Å²) in [6, 6.07) is 6.81. The summed E-state index contributed by atoms with van der Waals surface area (Å²) in [5.41, 5.74) is 1.17. The van der Waals surface area contributed by atoms with Gasteiger partial charge in [0.1, 0.15) is 0 Å². The Labute approximate surface area is 123 Å². The lowest BCUT2D eigenvalue weighted by Gasteiger charge is -2.34. The Hall–Kier alpha value is -0.930. The van der Waals surface area contributed by atoms with Crippen molar-refractivity contribution in [3.05, 3.63) is 30.1 Å². The molecular formula is C17H29N3. The molecule has 1 aromatic rings. The molecule has 20 heavy (non-hydrogen) atoms. The van der Waals surface area contributed by atoms with Crippen LogP contribution in [0.25, 0.3) is 0 Å². The van der Waals surface area contributed by atoms with Gasteiger partial charge < -0.3 is 5.32 Å². The van der Waals surface area contributed by atoms with Crippen LogP contribution in [0.5, 0.6) is 0 Å². The van der Waals surface area contributed by atoms with E-state index >= 15 is 0 Å². The molecule has 1 aliphatic rings. The summed E-state index contributed by atoms with van der Waals surface area (Å²) < 4.78 is 0. The fourth-order valence-corrected chi connectivity index (χ4v) is 3.32. The van der Waals surface area contributed by atoms with Crippen LogP contribution >= 0.6 is 0 Å². The minimum atomic E-state index is 0.624. The highest BCUT2D eigenvalue weighted by Gasteiger charge is 2.24. The Balaban J connectivity index is 1.89. The summed E-state index contributed by atoms with van der Waals surface area (Å²) in [5.74, 6) is 0.853. The Kier molecular flexibility index (Phi) is 6.48. The number of hydrogen-bond acceptors (Lipinski definition) is 3. The summed E-state index contributed by atoms with van der Waals surface area (Å²) in [5, 5.41) is 3.56. The molecule has 1 fully saturated rings. The van der Waals surface area contributed by atoms with Gasteiger partial charge >= 0.3 is 0 Å². The summed E-state index contributed by atoms with van der Waals surface area (Å²) in [7, 11) is 2.12. The second kappa shape index (κ2) is 8.38. The van der Waals surface area contributed by atoms with E-state index in [2.05, 4.69) is 41.3 Å². The molecule has 1 unspecified atom stereocenters. The maximum Gasteiger partial charge on any atom is 0.0543 e. The highest BCUT2D eigenvalue weighted by molar-refractivity contribution is 5.03. The molecule has 112 valence electrons. The van der Waals surface area contributed by atoms with E-state index in [9.17, 15) is 0 Å². The molecule has 0 aliphatic heterocycles. The summed E-state index contributed by atoms with van der Waals surface area (Å²) in [6.45, 7) is 5.43. The lowest BCUT2D eigenvalue weighted by Crippen LogP contribution is -2.44. The van der Waals surface area contributed by atoms with Crippen LogP contribution in [0.1, 0.15) is 44.7 Å². The SMILES string of the molecule is CCN(Cc1ccccn1)CC(NC)C1CCCCC1. The molecule has 1 N–H and O–H groups in total. The Morgan fingerprint density at radius 1 is 1.30 bits per heavy atom. The molecule has 0 saturated heterocycles. The molecule has 1 heterocycles. The van der Waals surface area contributed by atoms with E-state index in [4.69, 9.17) is 0 Å². The Morgan fingerprint density at radius 2 is 2.10 bits per heavy atom. The van der Waals surface area contributed by atoms with Gasteiger partial charge in [-0.3, -0.25) is 9.88 Å². The van der Waals surface area contributed by atoms with Crippen molar-refractivity contribution < 1.29 is 0 Å². The quantitative estimate of drug-likeness (QED) is 0.829. The summed E-state index contributed by atoms with van der Waals surface area (Å²) in [4.78, 5) is 6.96. The number of nitrogens with one attached hydrogen (secondary N) is 1. The molecule has 3 nitrogen and oxygen atoms in total. The Bertz CT molecular complexity index is 360. The number of nitrogens with zero attached hydrogens (tertiary/aromatic N) is 2. The first-order valence-corrected chi connectivity index (χ1v) is 8.13. The third-order valence-corrected chi connectivity index (χ3v) is 4.60. The van der Waals surface area contributed by atoms with E-state index in [1.54, 1.807) is 0 Å². The Morgan fingerprint density at radius 3 is 2.70 bits per heavy atom. The monoisotopic (exact) mass is 275 g/mol. The average molecular weight is 275 g/mol. The van der Waals surface area contributed by atoms with Crippen LogP contribution in [0.2, 0.25) is 0 Å². The van der Waals surface area contributed by atoms with Crippen molar-refractivity contribution in [3.63, 3.8) is 0 Å². The van der Waals surface area contributed by atoms with Gasteiger partial charge in [0.05, 0.1) is 5.69 Å². The topological polar surface area (TPSA) is 28.2 Å². The fraction of sp³-hybridized carbons (Fsp3) is 0.706. The first-order chi connectivity index (χ1) is 9.83. The van der Waals surface area contributed by atoms with Gasteiger partial charge in [-0.05, 0) is 44.5 Å². The van der Waals surface area contributed by atoms with Crippen LogP contribution in [-0.2, 0) is 6.54 Å². The predicted molar refractivity (Wildman–Crippen MR) is 84.6 cm³/mol. The van der Waals surface area contributed by atoms with Crippen LogP contribution < -0.4 is 5.32 Å². The van der Waals surface area contributed by atoms with E-state index in [0.29, 0.717) is 6.04 Å². The maximum atomic E-state index is 4.45. The number of pyridine rings is 1. The van der Waals surface area contributed by atoms with E-state index in [-0.39, 0.29) is 0 Å². The van der Waals surface area contributed by atoms with Gasteiger partial charge in [0, 0.05) is 25.3 Å². The lowest BCUT2D eigenvalue weighted by molar-refractivity contribution is 0.188. The van der Waals surface area contributed by atoms with Crippen LogP contribution in [-0.4, -0.2) is 36.1 Å². The molecule has 1 saturated carbocycles. The van der Waals surface area contributed by atoms with Gasteiger partial charge in [0.25, 0.3) is 0 Å². The highest BCUT2D eigenvalue weighted by atomic mass is 15.1. The van der Waals surface area contributed by atoms with Gasteiger partial charge in [-0.25, -0.2) is 0 Å². The van der Waals surface area contributed by atoms with Gasteiger partial charge in [0.2, 0.25) is 0 Å². The van der Waals surface area contributed by atoms with Crippen LogP contribution in [0.3, 0.4) is 0 Å². The molecule has 0 spiro atoms. The van der Waals surface area contributed by atoms with Gasteiger partial charge in [-0.1, -0.05) is 32.3 Å². The molecule has 1 atom stereocenters. The molecule has 0 amide bonds. The van der Waals surface area contributed by atoms with Crippen molar-refractivity contribution in [2.24, 2.45) is 5.92 Å². The molecule has 1 aliphatic carbocycles. The fourth-order valence-electron chi connectivity index (χ4n) is 3.32. The number of hydrogen-bond donors (Lipinski definition) is 1. The first kappa shape index (κ1) is 15.5. The zero-order valence-electron chi connectivity index (χ0n) is 13.0. The smallest absolute Gasteiger partial charge is 0.0543 e. The van der Waals surface area contributed by atoms with Crippen molar-refractivity contribution in [2.45, 2.75) is 51.6 Å². The highest BCUT2D eigenvalue weighted by Crippen LogP contribution is 2.26. The van der Waals surface area contributed by atoms with E-state index in [0.717, 1.165) is 25.6 Å². The lowest BCUT2D eigenvalue weighted by atomic mass is 9.83. The average Bonchev–Trinajstić information content (AvgIpc) is 2.53. The van der Waals surface area contributed by atoms with Gasteiger partial charge in [-0.15, -0.1) is 0 Å². The van der Waals surface area contributed by atoms with Crippen LogP contribution in [0.4, 0.5) is 0 Å². The van der Waals surface area contributed by atoms with Crippen LogP contribution in [0.15, 0.2) is 24.4 Å². The zero-order chi connectivity index (χ0) is 14.2. The van der Waals surface area contributed by atoms with Gasteiger partial charge in [0.15, 0.2) is 0 Å². The van der Waals surface area contributed by atoms with E-state index in [1.807, 2.05) is 12.3 Å². The second-order valence-corrected chi connectivity index (χ2v) is 5.94. The summed E-state index contributed by atoms with van der Waals surface area (Å²) >= 11 is 0. The van der Waals surface area contributed by atoms with Crippen LogP contribution in [0, 0.1) is 5.92 Å². The molecule has 3 heteroatoms. The van der Waals surface area contributed by atoms with Crippen molar-refractivity contribution in [3.8, 4) is 0 Å². The molecule has 0 bridgehead atoms. The maximum absolute atomic E-state index is 4.45. The second-order valence-electron chi connectivity index (χ2n) is 5.94. The molecule has 1 aromatic heterocycles. The van der Waals surface area contributed by atoms with Crippen molar-refractivity contribution in [1.82, 2.24) is 15.2 Å². The number of aromatic nitrogens is 1. The molecule has 0 aromatic carbocycles. The molecule has 2 rings (SSSR count). The van der Waals surface area contributed by atoms with E-state index < -0.39 is 0 Å². The number of likely N-dealkylation sites (N-methyl/N-ethyl adjacent to an activating group) is 2. The zero-order valence-corrected chi connectivity index (χ0v) is 13.0. The minimum absolute atomic E-state index is 0.624. The van der Waals surface area contributed by atoms with Crippen molar-refractivity contribution in [2.75, 3.05) is 20.1 Å². The largest absolute Gasteiger partial charge is 0.315 e. The number of rotatable bonds is 7. The third kappa shape index (κ3) is 4.57. The van der Waals surface area contributed by atoms with Gasteiger partial charge in [-0.2, -0.15) is 0 Å². The minimum Gasteiger partial charge on any atom is -0.315 e. The van der Waals surface area contributed by atoms with Crippen molar-refractivity contribution >= 4 is 0 Å². The molecular weight excluding hydrogens is 246 g/mol. The normalized spacial score (nSPS) is 18.4. The predicted octanol–water partition coefficient (Wildman–Crippen LogP) is 3.07. The summed E-state index contributed by atoms with van der Waals surface area (Å²) in [6.07, 6.45) is 8.93.